The lowest BCUT2D eigenvalue weighted by molar-refractivity contribution is 0.0897. The second-order valence-corrected chi connectivity index (χ2v) is 7.23. The molecule has 1 saturated heterocycles. The number of nitrogens with zero attached hydrogens (tertiary/aromatic N) is 5. The number of nitrogens with one attached hydrogen (secondary N) is 1. The van der Waals surface area contributed by atoms with Crippen LogP contribution in [-0.2, 0) is 6.54 Å². The van der Waals surface area contributed by atoms with Crippen molar-refractivity contribution in [3.63, 3.8) is 0 Å². The van der Waals surface area contributed by atoms with E-state index < -0.39 is 5.91 Å². The Balaban J connectivity index is 1.42. The number of carbonyl (C=O) groups is 1. The van der Waals surface area contributed by atoms with Crippen molar-refractivity contribution in [2.75, 3.05) is 19.6 Å². The van der Waals surface area contributed by atoms with Crippen molar-refractivity contribution in [3.8, 4) is 11.3 Å². The monoisotopic (exact) mass is 408 g/mol. The van der Waals surface area contributed by atoms with Crippen LogP contribution in [-0.4, -0.2) is 56.4 Å². The molecule has 0 saturated carbocycles. The summed E-state index contributed by atoms with van der Waals surface area (Å²) < 4.78 is 6.35. The Kier molecular flexibility index (Phi) is 5.99. The van der Waals surface area contributed by atoms with Crippen LogP contribution in [0.15, 0.2) is 51.8 Å². The van der Waals surface area contributed by atoms with E-state index in [4.69, 9.17) is 4.52 Å². The normalized spacial score (nSPS) is 16.6. The molecule has 1 aliphatic heterocycles. The number of amides is 1. The maximum Gasteiger partial charge on any atom is 0.316 e. The molecule has 2 aromatic heterocycles. The summed E-state index contributed by atoms with van der Waals surface area (Å²) in [5.41, 5.74) is 1.27. The first-order chi connectivity index (χ1) is 14.6. The molecule has 3 aromatic rings. The summed E-state index contributed by atoms with van der Waals surface area (Å²) in [6.45, 7) is 4.71. The van der Waals surface area contributed by atoms with Gasteiger partial charge in [0.15, 0.2) is 5.82 Å². The number of hydrogen-bond donors (Lipinski definition) is 1. The highest BCUT2D eigenvalue weighted by molar-refractivity contribution is 5.89. The van der Waals surface area contributed by atoms with E-state index in [1.807, 2.05) is 30.3 Å². The standard InChI is InChI=1S/C21H24N6O3/c1-2-26-12-6-9-16(26)13-22-20(29)21-23-18(25-30-21)14-27-19(28)11-10-17(24-27)15-7-4-3-5-8-15/h3-5,7-8,10-11,16H,2,6,9,12-14H2,1H3,(H,22,29)/t16-/m0/s1. The molecule has 30 heavy (non-hydrogen) atoms. The van der Waals surface area contributed by atoms with Crippen LogP contribution in [0.5, 0.6) is 0 Å². The molecule has 0 unspecified atom stereocenters. The highest BCUT2D eigenvalue weighted by atomic mass is 16.5. The van der Waals surface area contributed by atoms with E-state index in [0.29, 0.717) is 18.3 Å². The summed E-state index contributed by atoms with van der Waals surface area (Å²) in [5.74, 6) is -0.302. The van der Waals surface area contributed by atoms with Crippen LogP contribution in [0.1, 0.15) is 36.3 Å². The highest BCUT2D eigenvalue weighted by Crippen LogP contribution is 2.16. The first kappa shape index (κ1) is 20.0. The molecule has 0 aliphatic carbocycles. The van der Waals surface area contributed by atoms with E-state index in [1.165, 1.54) is 10.7 Å². The molecule has 1 aromatic carbocycles. The lowest BCUT2D eigenvalue weighted by atomic mass is 10.1. The molecule has 156 valence electrons. The smallest absolute Gasteiger partial charge is 0.316 e. The molecule has 9 nitrogen and oxygen atoms in total. The highest BCUT2D eigenvalue weighted by Gasteiger charge is 2.24. The first-order valence-corrected chi connectivity index (χ1v) is 10.1. The Morgan fingerprint density at radius 1 is 1.23 bits per heavy atom. The Hall–Kier alpha value is -3.33. The van der Waals surface area contributed by atoms with Gasteiger partial charge in [-0.05, 0) is 32.0 Å². The van der Waals surface area contributed by atoms with Crippen LogP contribution in [0.25, 0.3) is 11.3 Å². The van der Waals surface area contributed by atoms with E-state index in [1.54, 1.807) is 6.07 Å². The summed E-state index contributed by atoms with van der Waals surface area (Å²) in [4.78, 5) is 31.0. The van der Waals surface area contributed by atoms with Crippen molar-refractivity contribution in [1.29, 1.82) is 0 Å². The zero-order valence-electron chi connectivity index (χ0n) is 16.8. The molecular weight excluding hydrogens is 384 g/mol. The first-order valence-electron chi connectivity index (χ1n) is 10.1. The number of likely N-dealkylation sites (N-methyl/N-ethyl adjacent to an activating group) is 1. The minimum Gasteiger partial charge on any atom is -0.346 e. The Bertz CT molecular complexity index is 1060. The van der Waals surface area contributed by atoms with Gasteiger partial charge in [0, 0.05) is 24.2 Å². The minimum absolute atomic E-state index is 0.0164. The molecule has 1 aliphatic rings. The summed E-state index contributed by atoms with van der Waals surface area (Å²) in [6, 6.07) is 13.0. The van der Waals surface area contributed by atoms with Crippen molar-refractivity contribution < 1.29 is 9.32 Å². The van der Waals surface area contributed by atoms with Gasteiger partial charge in [-0.2, -0.15) is 10.1 Å². The zero-order valence-corrected chi connectivity index (χ0v) is 16.8. The van der Waals surface area contributed by atoms with Gasteiger partial charge < -0.3 is 9.84 Å². The van der Waals surface area contributed by atoms with Gasteiger partial charge >= 0.3 is 11.8 Å². The average Bonchev–Trinajstić information content (AvgIpc) is 3.43. The molecular formula is C21H24N6O3. The fourth-order valence-electron chi connectivity index (χ4n) is 3.70. The molecule has 1 atom stereocenters. The van der Waals surface area contributed by atoms with Gasteiger partial charge in [-0.15, -0.1) is 0 Å². The van der Waals surface area contributed by atoms with Crippen LogP contribution >= 0.6 is 0 Å². The maximum atomic E-state index is 12.4. The molecule has 4 rings (SSSR count). The van der Waals surface area contributed by atoms with Crippen LogP contribution in [0, 0.1) is 0 Å². The number of aromatic nitrogens is 4. The lowest BCUT2D eigenvalue weighted by Crippen LogP contribution is -2.40. The third kappa shape index (κ3) is 4.46. The van der Waals surface area contributed by atoms with Crippen LogP contribution in [0.2, 0.25) is 0 Å². The summed E-state index contributed by atoms with van der Waals surface area (Å²) in [7, 11) is 0. The summed E-state index contributed by atoms with van der Waals surface area (Å²) in [5, 5.41) is 11.1. The Morgan fingerprint density at radius 2 is 2.07 bits per heavy atom. The lowest BCUT2D eigenvalue weighted by Gasteiger charge is -2.22. The third-order valence-electron chi connectivity index (χ3n) is 5.29. The van der Waals surface area contributed by atoms with E-state index >= 15 is 0 Å². The molecule has 1 fully saturated rings. The largest absolute Gasteiger partial charge is 0.346 e. The van der Waals surface area contributed by atoms with Crippen LogP contribution in [0.4, 0.5) is 0 Å². The van der Waals surface area contributed by atoms with E-state index in [2.05, 4.69) is 32.4 Å². The van der Waals surface area contributed by atoms with E-state index in [9.17, 15) is 9.59 Å². The fourth-order valence-corrected chi connectivity index (χ4v) is 3.70. The fraction of sp³-hybridized carbons (Fsp3) is 0.381. The zero-order chi connectivity index (χ0) is 20.9. The molecule has 3 heterocycles. The minimum atomic E-state index is -0.407. The molecule has 9 heteroatoms. The van der Waals surface area contributed by atoms with Crippen molar-refractivity contribution in [2.45, 2.75) is 32.4 Å². The summed E-state index contributed by atoms with van der Waals surface area (Å²) in [6.07, 6.45) is 2.21. The molecule has 0 spiro atoms. The van der Waals surface area contributed by atoms with Crippen molar-refractivity contribution in [2.24, 2.45) is 0 Å². The number of carbonyl (C=O) groups excluding carboxylic acids is 1. The van der Waals surface area contributed by atoms with E-state index in [0.717, 1.165) is 31.5 Å². The van der Waals surface area contributed by atoms with Gasteiger partial charge in [-0.1, -0.05) is 42.4 Å². The SMILES string of the molecule is CCN1CCC[C@H]1CNC(=O)c1nc(Cn2nc(-c3ccccc3)ccc2=O)no1. The number of benzene rings is 1. The van der Waals surface area contributed by atoms with Gasteiger partial charge in [0.25, 0.3) is 5.56 Å². The predicted octanol–water partition coefficient (Wildman–Crippen LogP) is 1.56. The second-order valence-electron chi connectivity index (χ2n) is 7.23. The van der Waals surface area contributed by atoms with E-state index in [-0.39, 0.29) is 23.8 Å². The average molecular weight is 408 g/mol. The van der Waals surface area contributed by atoms with Gasteiger partial charge in [-0.3, -0.25) is 14.5 Å². The van der Waals surface area contributed by atoms with Crippen molar-refractivity contribution in [1.82, 2.24) is 30.1 Å². The molecule has 0 bridgehead atoms. The Morgan fingerprint density at radius 3 is 2.87 bits per heavy atom. The van der Waals surface area contributed by atoms with Gasteiger partial charge in [0.2, 0.25) is 0 Å². The number of rotatable bonds is 7. The molecule has 1 N–H and O–H groups in total. The number of likely N-dealkylation sites (tertiary alicyclic amines) is 1. The van der Waals surface area contributed by atoms with Gasteiger partial charge in [-0.25, -0.2) is 4.68 Å². The topological polar surface area (TPSA) is 106 Å². The Labute approximate surface area is 173 Å². The maximum absolute atomic E-state index is 12.4. The number of hydrogen-bond acceptors (Lipinski definition) is 7. The molecule has 1 amide bonds. The summed E-state index contributed by atoms with van der Waals surface area (Å²) >= 11 is 0. The van der Waals surface area contributed by atoms with Crippen LogP contribution in [0.3, 0.4) is 0 Å². The molecule has 0 radical (unpaired) electrons. The van der Waals surface area contributed by atoms with Gasteiger partial charge in [0.1, 0.15) is 6.54 Å². The van der Waals surface area contributed by atoms with Gasteiger partial charge in [0.05, 0.1) is 5.69 Å². The van der Waals surface area contributed by atoms with Crippen molar-refractivity contribution in [3.05, 3.63) is 64.5 Å². The predicted molar refractivity (Wildman–Crippen MR) is 110 cm³/mol. The van der Waals surface area contributed by atoms with Crippen LogP contribution < -0.4 is 10.9 Å². The second kappa shape index (κ2) is 9.00. The van der Waals surface area contributed by atoms with Crippen molar-refractivity contribution >= 4 is 5.91 Å². The third-order valence-corrected chi connectivity index (χ3v) is 5.29. The quantitative estimate of drug-likeness (QED) is 0.632.